The van der Waals surface area contributed by atoms with Crippen LogP contribution >= 0.6 is 0 Å². The normalized spacial score (nSPS) is 12.1. The molecule has 0 aliphatic heterocycles. The highest BCUT2D eigenvalue weighted by molar-refractivity contribution is 5.97. The number of halogens is 1. The Bertz CT molecular complexity index is 486. The van der Waals surface area contributed by atoms with Crippen LogP contribution in [0.2, 0.25) is 0 Å². The van der Waals surface area contributed by atoms with E-state index >= 15 is 0 Å². The number of rotatable bonds is 4. The molecule has 0 fully saturated rings. The highest BCUT2D eigenvalue weighted by atomic mass is 19.1. The first kappa shape index (κ1) is 15.1. The summed E-state index contributed by atoms with van der Waals surface area (Å²) in [7, 11) is 1.25. The second-order valence-electron chi connectivity index (χ2n) is 4.70. The Morgan fingerprint density at radius 1 is 1.32 bits per heavy atom. The number of hydrogen-bond acceptors (Lipinski definition) is 3. The number of esters is 1. The van der Waals surface area contributed by atoms with Crippen molar-refractivity contribution in [2.75, 3.05) is 7.11 Å². The minimum atomic E-state index is -0.793. The topological polar surface area (TPSA) is 55.4 Å². The fourth-order valence-corrected chi connectivity index (χ4v) is 1.65. The quantitative estimate of drug-likeness (QED) is 0.850. The molecule has 0 radical (unpaired) electrons. The van der Waals surface area contributed by atoms with Crippen molar-refractivity contribution in [3.63, 3.8) is 0 Å². The van der Waals surface area contributed by atoms with Gasteiger partial charge >= 0.3 is 5.97 Å². The fourth-order valence-electron chi connectivity index (χ4n) is 1.65. The summed E-state index contributed by atoms with van der Waals surface area (Å²) in [4.78, 5) is 23.5. The smallest absolute Gasteiger partial charge is 0.328 e. The van der Waals surface area contributed by atoms with Crippen LogP contribution in [-0.4, -0.2) is 25.0 Å². The van der Waals surface area contributed by atoms with Crippen LogP contribution in [0, 0.1) is 18.7 Å². The summed E-state index contributed by atoms with van der Waals surface area (Å²) in [5, 5.41) is 2.49. The highest BCUT2D eigenvalue weighted by Crippen LogP contribution is 2.11. The third-order valence-corrected chi connectivity index (χ3v) is 2.78. The third-order valence-electron chi connectivity index (χ3n) is 2.78. The van der Waals surface area contributed by atoms with E-state index < -0.39 is 23.7 Å². The molecule has 1 rings (SSSR count). The molecule has 1 unspecified atom stereocenters. The average molecular weight is 267 g/mol. The maximum atomic E-state index is 13.7. The number of aryl methyl sites for hydroxylation is 1. The van der Waals surface area contributed by atoms with Crippen molar-refractivity contribution in [1.29, 1.82) is 0 Å². The molecular weight excluding hydrogens is 249 g/mol. The van der Waals surface area contributed by atoms with Gasteiger partial charge < -0.3 is 10.1 Å². The Morgan fingerprint density at radius 2 is 1.95 bits per heavy atom. The van der Waals surface area contributed by atoms with Gasteiger partial charge in [-0.15, -0.1) is 0 Å². The summed E-state index contributed by atoms with van der Waals surface area (Å²) in [5.74, 6) is -1.92. The predicted octanol–water partition coefficient (Wildman–Crippen LogP) is 2.06. The Morgan fingerprint density at radius 3 is 2.42 bits per heavy atom. The first-order valence-electron chi connectivity index (χ1n) is 6.01. The van der Waals surface area contributed by atoms with Crippen LogP contribution in [0.1, 0.15) is 29.8 Å². The van der Waals surface area contributed by atoms with Gasteiger partial charge in [0.05, 0.1) is 12.7 Å². The molecule has 1 amide bonds. The Labute approximate surface area is 112 Å². The van der Waals surface area contributed by atoms with E-state index in [1.165, 1.54) is 19.2 Å². The van der Waals surface area contributed by atoms with Gasteiger partial charge in [0, 0.05) is 0 Å². The molecule has 0 heterocycles. The van der Waals surface area contributed by atoms with E-state index in [4.69, 9.17) is 0 Å². The summed E-state index contributed by atoms with van der Waals surface area (Å²) in [5.41, 5.74) is 0.641. The van der Waals surface area contributed by atoms with Crippen molar-refractivity contribution in [2.24, 2.45) is 5.92 Å². The molecule has 19 heavy (non-hydrogen) atoms. The number of ether oxygens (including phenoxy) is 1. The van der Waals surface area contributed by atoms with Gasteiger partial charge in [-0.25, -0.2) is 9.18 Å². The van der Waals surface area contributed by atoms with Crippen molar-refractivity contribution in [3.8, 4) is 0 Å². The molecule has 1 N–H and O–H groups in total. The number of benzene rings is 1. The fraction of sp³-hybridized carbons (Fsp3) is 0.429. The molecule has 104 valence electrons. The zero-order chi connectivity index (χ0) is 14.6. The van der Waals surface area contributed by atoms with Gasteiger partial charge in [-0.2, -0.15) is 0 Å². The van der Waals surface area contributed by atoms with Crippen LogP contribution in [0.5, 0.6) is 0 Å². The maximum Gasteiger partial charge on any atom is 0.328 e. The van der Waals surface area contributed by atoms with Crippen molar-refractivity contribution in [3.05, 3.63) is 35.1 Å². The van der Waals surface area contributed by atoms with Gasteiger partial charge in [0.1, 0.15) is 11.9 Å². The van der Waals surface area contributed by atoms with E-state index in [0.29, 0.717) is 0 Å². The highest BCUT2D eigenvalue weighted by Gasteiger charge is 2.26. The summed E-state index contributed by atoms with van der Waals surface area (Å²) in [6.45, 7) is 5.27. The molecular formula is C14H18FNO3. The number of carbonyl (C=O) groups excluding carboxylic acids is 2. The molecule has 5 heteroatoms. The van der Waals surface area contributed by atoms with Crippen LogP contribution < -0.4 is 5.32 Å². The molecule has 0 saturated heterocycles. The summed E-state index contributed by atoms with van der Waals surface area (Å²) >= 11 is 0. The number of hydrogen-bond donors (Lipinski definition) is 1. The number of amides is 1. The molecule has 0 bridgehead atoms. The third kappa shape index (κ3) is 3.77. The van der Waals surface area contributed by atoms with Gasteiger partial charge in [0.25, 0.3) is 5.91 Å². The number of methoxy groups -OCH3 is 1. The first-order valence-corrected chi connectivity index (χ1v) is 6.01. The summed E-state index contributed by atoms with van der Waals surface area (Å²) in [6.07, 6.45) is 0. The van der Waals surface area contributed by atoms with E-state index in [-0.39, 0.29) is 11.5 Å². The standard InChI is InChI=1S/C14H18FNO3/c1-8(2)12(14(18)19-4)16-13(17)10-6-5-9(3)7-11(10)15/h5-8,12H,1-4H3,(H,16,17). The molecule has 0 aliphatic rings. The van der Waals surface area contributed by atoms with Crippen LogP contribution in [0.25, 0.3) is 0 Å². The minimum Gasteiger partial charge on any atom is -0.467 e. The minimum absolute atomic E-state index is 0.0832. The Kier molecular flexibility index (Phi) is 5.03. The van der Waals surface area contributed by atoms with Gasteiger partial charge in [-0.3, -0.25) is 4.79 Å². The van der Waals surface area contributed by atoms with Crippen molar-refractivity contribution < 1.29 is 18.7 Å². The van der Waals surface area contributed by atoms with E-state index in [1.807, 2.05) is 0 Å². The number of nitrogens with one attached hydrogen (secondary N) is 1. The second kappa shape index (κ2) is 6.31. The van der Waals surface area contributed by atoms with Crippen molar-refractivity contribution >= 4 is 11.9 Å². The van der Waals surface area contributed by atoms with Crippen LogP contribution in [0.15, 0.2) is 18.2 Å². The Balaban J connectivity index is 2.91. The summed E-state index contributed by atoms with van der Waals surface area (Å²) < 4.78 is 18.3. The monoisotopic (exact) mass is 267 g/mol. The second-order valence-corrected chi connectivity index (χ2v) is 4.70. The van der Waals surface area contributed by atoms with Crippen LogP contribution in [0.3, 0.4) is 0 Å². The summed E-state index contributed by atoms with van der Waals surface area (Å²) in [6, 6.07) is 3.52. The lowest BCUT2D eigenvalue weighted by molar-refractivity contribution is -0.144. The first-order chi connectivity index (χ1) is 8.86. The van der Waals surface area contributed by atoms with Gasteiger partial charge in [-0.1, -0.05) is 19.9 Å². The average Bonchev–Trinajstić information content (AvgIpc) is 2.34. The molecule has 1 aromatic rings. The van der Waals surface area contributed by atoms with Gasteiger partial charge in [0.15, 0.2) is 0 Å². The molecule has 0 spiro atoms. The van der Waals surface area contributed by atoms with E-state index in [0.717, 1.165) is 5.56 Å². The number of carbonyl (C=O) groups is 2. The molecule has 1 atom stereocenters. The lowest BCUT2D eigenvalue weighted by atomic mass is 10.0. The SMILES string of the molecule is COC(=O)C(NC(=O)c1ccc(C)cc1F)C(C)C. The molecule has 0 aliphatic carbocycles. The van der Waals surface area contributed by atoms with Gasteiger partial charge in [-0.05, 0) is 30.5 Å². The van der Waals surface area contributed by atoms with Crippen LogP contribution in [-0.2, 0) is 9.53 Å². The molecule has 0 saturated carbocycles. The molecule has 0 aromatic heterocycles. The largest absolute Gasteiger partial charge is 0.467 e. The van der Waals surface area contributed by atoms with E-state index in [9.17, 15) is 14.0 Å². The van der Waals surface area contributed by atoms with E-state index in [2.05, 4.69) is 10.1 Å². The maximum absolute atomic E-state index is 13.7. The lowest BCUT2D eigenvalue weighted by Crippen LogP contribution is -2.45. The predicted molar refractivity (Wildman–Crippen MR) is 69.2 cm³/mol. The molecule has 1 aromatic carbocycles. The Hall–Kier alpha value is -1.91. The van der Waals surface area contributed by atoms with Crippen molar-refractivity contribution in [1.82, 2.24) is 5.32 Å². The van der Waals surface area contributed by atoms with Gasteiger partial charge in [0.2, 0.25) is 0 Å². The zero-order valence-corrected chi connectivity index (χ0v) is 11.5. The zero-order valence-electron chi connectivity index (χ0n) is 11.5. The lowest BCUT2D eigenvalue weighted by Gasteiger charge is -2.19. The van der Waals surface area contributed by atoms with E-state index in [1.54, 1.807) is 26.8 Å². The van der Waals surface area contributed by atoms with Crippen LogP contribution in [0.4, 0.5) is 4.39 Å². The van der Waals surface area contributed by atoms with Crippen molar-refractivity contribution in [2.45, 2.75) is 26.8 Å². The molecule has 4 nitrogen and oxygen atoms in total.